The number of urea groups is 1. The second kappa shape index (κ2) is 4.17. The molecule has 0 spiro atoms. The van der Waals surface area contributed by atoms with Crippen molar-refractivity contribution >= 4 is 22.0 Å². The first-order valence-electron chi connectivity index (χ1n) is 4.87. The zero-order valence-corrected chi connectivity index (χ0v) is 9.61. The van der Waals surface area contributed by atoms with Gasteiger partial charge in [0.15, 0.2) is 0 Å². The molecule has 1 aromatic rings. The van der Waals surface area contributed by atoms with Crippen LogP contribution in [0, 0.1) is 0 Å². The number of rotatable bonds is 3. The smallest absolute Gasteiger partial charge is 0.276 e. The molecule has 0 bridgehead atoms. The lowest BCUT2D eigenvalue weighted by Gasteiger charge is -2.13. The third-order valence-electron chi connectivity index (χ3n) is 2.29. The molecule has 0 radical (unpaired) electrons. The summed E-state index contributed by atoms with van der Waals surface area (Å²) in [6.07, 6.45) is 0. The Morgan fingerprint density at radius 2 is 1.82 bits per heavy atom. The third kappa shape index (κ3) is 2.44. The van der Waals surface area contributed by atoms with Crippen LogP contribution >= 0.6 is 0 Å². The monoisotopic (exact) mass is 254 g/mol. The predicted octanol–water partition coefficient (Wildman–Crippen LogP) is 0.0682. The van der Waals surface area contributed by atoms with Crippen LogP contribution in [-0.4, -0.2) is 31.2 Å². The van der Waals surface area contributed by atoms with E-state index in [-0.39, 0.29) is 5.75 Å². The molecule has 2 rings (SSSR count). The van der Waals surface area contributed by atoms with Gasteiger partial charge in [-0.25, -0.2) is 17.5 Å². The maximum atomic E-state index is 11.9. The van der Waals surface area contributed by atoms with Gasteiger partial charge >= 0.3 is 6.03 Å². The van der Waals surface area contributed by atoms with E-state index in [2.05, 4.69) is 0 Å². The molecule has 1 N–H and O–H groups in total. The molecule has 0 aromatic heterocycles. The highest BCUT2D eigenvalue weighted by Crippen LogP contribution is 2.13. The molecule has 0 aliphatic carbocycles. The van der Waals surface area contributed by atoms with Crippen molar-refractivity contribution in [2.75, 3.05) is 6.54 Å². The summed E-state index contributed by atoms with van der Waals surface area (Å²) in [5, 5.41) is 1.93. The number of carbonyl (C=O) groups is 2. The van der Waals surface area contributed by atoms with Crippen molar-refractivity contribution in [2.24, 2.45) is 0 Å². The van der Waals surface area contributed by atoms with Gasteiger partial charge in [-0.3, -0.25) is 10.1 Å². The van der Waals surface area contributed by atoms with Gasteiger partial charge in [-0.15, -0.1) is 0 Å². The summed E-state index contributed by atoms with van der Waals surface area (Å²) in [6, 6.07) is 7.59. The number of imide groups is 1. The standard InChI is InChI=1S/C10H10N2O4S/c13-9-6-12(10(14)11-9)17(15,16)7-8-4-2-1-3-5-8/h1-5H,6-7H2,(H,11,13,14). The minimum Gasteiger partial charge on any atom is -0.276 e. The third-order valence-corrected chi connectivity index (χ3v) is 3.95. The first-order chi connectivity index (χ1) is 7.99. The van der Waals surface area contributed by atoms with Crippen molar-refractivity contribution < 1.29 is 18.0 Å². The number of hydrogen-bond acceptors (Lipinski definition) is 4. The van der Waals surface area contributed by atoms with E-state index in [1.54, 1.807) is 30.3 Å². The molecule has 1 aliphatic rings. The molecule has 1 heterocycles. The Morgan fingerprint density at radius 1 is 1.18 bits per heavy atom. The van der Waals surface area contributed by atoms with Crippen molar-refractivity contribution in [3.05, 3.63) is 35.9 Å². The Labute approximate surface area is 98.3 Å². The normalized spacial score (nSPS) is 16.1. The van der Waals surface area contributed by atoms with E-state index in [4.69, 9.17) is 0 Å². The van der Waals surface area contributed by atoms with E-state index in [9.17, 15) is 18.0 Å². The molecule has 1 fully saturated rings. The fraction of sp³-hybridized carbons (Fsp3) is 0.200. The van der Waals surface area contributed by atoms with Crippen LogP contribution in [0.2, 0.25) is 0 Å². The lowest BCUT2D eigenvalue weighted by molar-refractivity contribution is -0.118. The van der Waals surface area contributed by atoms with Crippen LogP contribution in [0.5, 0.6) is 0 Å². The van der Waals surface area contributed by atoms with E-state index in [1.165, 1.54) is 0 Å². The summed E-state index contributed by atoms with van der Waals surface area (Å²) in [4.78, 5) is 22.2. The second-order valence-corrected chi connectivity index (χ2v) is 5.50. The summed E-state index contributed by atoms with van der Waals surface area (Å²) in [7, 11) is -3.79. The van der Waals surface area contributed by atoms with Gasteiger partial charge in [0, 0.05) is 0 Å². The fourth-order valence-electron chi connectivity index (χ4n) is 1.51. The number of amides is 3. The summed E-state index contributed by atoms with van der Waals surface area (Å²) in [6.45, 7) is -0.437. The van der Waals surface area contributed by atoms with Crippen LogP contribution < -0.4 is 5.32 Å². The number of nitrogens with one attached hydrogen (secondary N) is 1. The molecule has 7 heteroatoms. The maximum Gasteiger partial charge on any atom is 0.338 e. The largest absolute Gasteiger partial charge is 0.338 e. The SMILES string of the molecule is O=C1CN(S(=O)(=O)Cc2ccccc2)C(=O)N1. The molecule has 90 valence electrons. The Balaban J connectivity index is 2.20. The number of sulfonamides is 1. The number of carbonyl (C=O) groups excluding carboxylic acids is 2. The van der Waals surface area contributed by atoms with Crippen molar-refractivity contribution in [3.8, 4) is 0 Å². The Morgan fingerprint density at radius 3 is 2.35 bits per heavy atom. The summed E-state index contributed by atoms with van der Waals surface area (Å²) < 4.78 is 24.3. The molecule has 3 amide bonds. The van der Waals surface area contributed by atoms with Gasteiger partial charge in [0.1, 0.15) is 6.54 Å². The van der Waals surface area contributed by atoms with Crippen LogP contribution in [0.1, 0.15) is 5.56 Å². The molecule has 0 atom stereocenters. The molecule has 1 aliphatic heterocycles. The zero-order valence-electron chi connectivity index (χ0n) is 8.79. The minimum absolute atomic E-state index is 0.297. The summed E-state index contributed by atoms with van der Waals surface area (Å²) >= 11 is 0. The van der Waals surface area contributed by atoms with Gasteiger partial charge < -0.3 is 0 Å². The van der Waals surface area contributed by atoms with Gasteiger partial charge in [-0.1, -0.05) is 30.3 Å². The predicted molar refractivity (Wildman–Crippen MR) is 59.3 cm³/mol. The molecule has 0 unspecified atom stereocenters. The molecular formula is C10H10N2O4S. The lowest BCUT2D eigenvalue weighted by atomic mass is 10.2. The number of nitrogens with zero attached hydrogens (tertiary/aromatic N) is 1. The van der Waals surface area contributed by atoms with Crippen molar-refractivity contribution in [1.29, 1.82) is 0 Å². The van der Waals surface area contributed by atoms with E-state index < -0.39 is 28.5 Å². The second-order valence-electron chi connectivity index (χ2n) is 3.60. The van der Waals surface area contributed by atoms with E-state index in [0.717, 1.165) is 0 Å². The molecule has 0 saturated carbocycles. The quantitative estimate of drug-likeness (QED) is 0.773. The fourth-order valence-corrected chi connectivity index (χ4v) is 2.89. The first kappa shape index (κ1) is 11.6. The molecule has 6 nitrogen and oxygen atoms in total. The van der Waals surface area contributed by atoms with Crippen molar-refractivity contribution in [3.63, 3.8) is 0 Å². The minimum atomic E-state index is -3.79. The maximum absolute atomic E-state index is 11.9. The average molecular weight is 254 g/mol. The van der Waals surface area contributed by atoms with Crippen LogP contribution in [0.25, 0.3) is 0 Å². The van der Waals surface area contributed by atoms with Crippen LogP contribution in [0.15, 0.2) is 30.3 Å². The summed E-state index contributed by atoms with van der Waals surface area (Å²) in [5.74, 6) is -0.902. The Bertz CT molecular complexity index is 553. The highest BCUT2D eigenvalue weighted by Gasteiger charge is 2.36. The molecular weight excluding hydrogens is 244 g/mol. The van der Waals surface area contributed by atoms with Gasteiger partial charge in [0.05, 0.1) is 5.75 Å². The topological polar surface area (TPSA) is 83.6 Å². The number of hydrogen-bond donors (Lipinski definition) is 1. The molecule has 1 aromatic carbocycles. The van der Waals surface area contributed by atoms with Gasteiger partial charge in [0.2, 0.25) is 15.9 Å². The van der Waals surface area contributed by atoms with Crippen LogP contribution in [0.3, 0.4) is 0 Å². The van der Waals surface area contributed by atoms with Crippen LogP contribution in [0.4, 0.5) is 4.79 Å². The van der Waals surface area contributed by atoms with E-state index in [0.29, 0.717) is 9.87 Å². The van der Waals surface area contributed by atoms with E-state index >= 15 is 0 Å². The van der Waals surface area contributed by atoms with Gasteiger partial charge in [-0.2, -0.15) is 0 Å². The highest BCUT2D eigenvalue weighted by atomic mass is 32.2. The molecule has 17 heavy (non-hydrogen) atoms. The molecule has 1 saturated heterocycles. The van der Waals surface area contributed by atoms with Gasteiger partial charge in [-0.05, 0) is 5.56 Å². The van der Waals surface area contributed by atoms with Crippen LogP contribution in [-0.2, 0) is 20.6 Å². The zero-order chi connectivity index (χ0) is 12.5. The van der Waals surface area contributed by atoms with Crippen molar-refractivity contribution in [2.45, 2.75) is 5.75 Å². The Hall–Kier alpha value is -1.89. The summed E-state index contributed by atoms with van der Waals surface area (Å²) in [5.41, 5.74) is 0.569. The van der Waals surface area contributed by atoms with Crippen molar-refractivity contribution in [1.82, 2.24) is 9.62 Å². The average Bonchev–Trinajstić information content (AvgIpc) is 2.59. The lowest BCUT2D eigenvalue weighted by Crippen LogP contribution is -2.35. The highest BCUT2D eigenvalue weighted by molar-refractivity contribution is 7.88. The van der Waals surface area contributed by atoms with Gasteiger partial charge in [0.25, 0.3) is 0 Å². The first-order valence-corrected chi connectivity index (χ1v) is 6.48. The number of benzene rings is 1. The van der Waals surface area contributed by atoms with E-state index in [1.807, 2.05) is 5.32 Å². The Kier molecular flexibility index (Phi) is 2.84.